The van der Waals surface area contributed by atoms with Gasteiger partial charge in [-0.15, -0.1) is 0 Å². The van der Waals surface area contributed by atoms with E-state index < -0.39 is 6.04 Å². The van der Waals surface area contributed by atoms with Gasteiger partial charge in [-0.3, -0.25) is 19.5 Å². The maximum absolute atomic E-state index is 12.3. The molecule has 0 aliphatic carbocycles. The number of amides is 2. The third-order valence-corrected chi connectivity index (χ3v) is 3.64. The van der Waals surface area contributed by atoms with E-state index in [1.165, 1.54) is 0 Å². The van der Waals surface area contributed by atoms with Crippen molar-refractivity contribution in [3.63, 3.8) is 0 Å². The Morgan fingerprint density at radius 1 is 1.23 bits per heavy atom. The molecule has 22 heavy (non-hydrogen) atoms. The second kappa shape index (κ2) is 6.57. The van der Waals surface area contributed by atoms with E-state index in [9.17, 15) is 9.59 Å². The van der Waals surface area contributed by atoms with Gasteiger partial charge < -0.3 is 10.1 Å². The number of anilines is 1. The highest BCUT2D eigenvalue weighted by Gasteiger charge is 2.35. The summed E-state index contributed by atoms with van der Waals surface area (Å²) in [6.45, 7) is 2.61. The minimum Gasteiger partial charge on any atom is -0.375 e. The van der Waals surface area contributed by atoms with Gasteiger partial charge >= 0.3 is 5.96 Å². The number of rotatable bonds is 2. The highest BCUT2D eigenvalue weighted by Crippen LogP contribution is 2.08. The fraction of sp³-hybridized carbons (Fsp3) is 0.400. The van der Waals surface area contributed by atoms with Gasteiger partial charge in [0, 0.05) is 5.69 Å². The molecule has 0 spiro atoms. The lowest BCUT2D eigenvalue weighted by molar-refractivity contribution is -0.552. The van der Waals surface area contributed by atoms with Gasteiger partial charge in [0.2, 0.25) is 0 Å². The average molecular weight is 303 g/mol. The van der Waals surface area contributed by atoms with Gasteiger partial charge in [-0.2, -0.15) is 0 Å². The lowest BCUT2D eigenvalue weighted by Gasteiger charge is -2.24. The van der Waals surface area contributed by atoms with Crippen LogP contribution in [-0.4, -0.2) is 54.7 Å². The molecule has 2 aliphatic rings. The Labute approximate surface area is 128 Å². The van der Waals surface area contributed by atoms with E-state index in [0.29, 0.717) is 38.0 Å². The standard InChI is InChI=1S/C15H18N4O3/c20-13-10-12(14(21)16-11-4-2-1-3-5-11)17-15(18-13)19-6-8-22-9-7-19/h1-5,12H,6-10H2,(H2,16,17,18,20,21)/p+1/t12-/m1/s1. The first-order valence-electron chi connectivity index (χ1n) is 7.34. The van der Waals surface area contributed by atoms with Crippen molar-refractivity contribution >= 4 is 23.5 Å². The van der Waals surface area contributed by atoms with E-state index in [-0.39, 0.29) is 18.2 Å². The third-order valence-electron chi connectivity index (χ3n) is 3.64. The summed E-state index contributed by atoms with van der Waals surface area (Å²) in [6, 6.07) is 8.63. The number of para-hydroxylation sites is 1. The summed E-state index contributed by atoms with van der Waals surface area (Å²) in [7, 11) is 0. The first kappa shape index (κ1) is 14.5. The van der Waals surface area contributed by atoms with Crippen LogP contribution in [0.2, 0.25) is 0 Å². The van der Waals surface area contributed by atoms with Crippen LogP contribution >= 0.6 is 0 Å². The van der Waals surface area contributed by atoms with Gasteiger partial charge in [0.15, 0.2) is 6.04 Å². The van der Waals surface area contributed by atoms with E-state index in [2.05, 4.69) is 16.0 Å². The van der Waals surface area contributed by atoms with Gasteiger partial charge in [-0.05, 0) is 12.1 Å². The van der Waals surface area contributed by atoms with Crippen LogP contribution in [0.5, 0.6) is 0 Å². The molecule has 7 nitrogen and oxygen atoms in total. The fourth-order valence-electron chi connectivity index (χ4n) is 2.49. The molecule has 2 fully saturated rings. The highest BCUT2D eigenvalue weighted by atomic mass is 16.5. The Morgan fingerprint density at radius 3 is 2.68 bits per heavy atom. The fourth-order valence-corrected chi connectivity index (χ4v) is 2.49. The van der Waals surface area contributed by atoms with E-state index in [1.54, 1.807) is 0 Å². The van der Waals surface area contributed by atoms with Crippen molar-refractivity contribution in [1.82, 2.24) is 10.6 Å². The molecule has 1 aromatic carbocycles. The number of benzene rings is 1. The summed E-state index contributed by atoms with van der Waals surface area (Å²) in [5.74, 6) is 0.216. The monoisotopic (exact) mass is 303 g/mol. The Kier molecular flexibility index (Phi) is 4.34. The number of morpholine rings is 1. The Morgan fingerprint density at radius 2 is 1.95 bits per heavy atom. The SMILES string of the molecule is O=C1C[C@H](C(=O)Nc2ccccc2)NC(=[N+]2CCOCC2)N1. The molecule has 0 bridgehead atoms. The molecule has 1 aromatic rings. The molecule has 2 amide bonds. The zero-order chi connectivity index (χ0) is 15.4. The molecule has 7 heteroatoms. The Balaban J connectivity index is 1.70. The van der Waals surface area contributed by atoms with Crippen molar-refractivity contribution in [2.24, 2.45) is 0 Å². The van der Waals surface area contributed by atoms with E-state index >= 15 is 0 Å². The van der Waals surface area contributed by atoms with E-state index in [0.717, 1.165) is 0 Å². The number of hydrogen-bond acceptors (Lipinski definition) is 3. The molecular formula is C15H19N4O3+. The van der Waals surface area contributed by atoms with Gasteiger partial charge in [0.05, 0.1) is 32.7 Å². The molecule has 2 heterocycles. The molecule has 0 unspecified atom stereocenters. The number of nitrogens with zero attached hydrogens (tertiary/aromatic N) is 1. The molecule has 0 radical (unpaired) electrons. The average Bonchev–Trinajstić information content (AvgIpc) is 2.56. The second-order valence-electron chi connectivity index (χ2n) is 5.25. The summed E-state index contributed by atoms with van der Waals surface area (Å²) in [5, 5.41) is 8.73. The van der Waals surface area contributed by atoms with Crippen molar-refractivity contribution in [1.29, 1.82) is 0 Å². The van der Waals surface area contributed by atoms with Crippen LogP contribution in [0.1, 0.15) is 6.42 Å². The third kappa shape index (κ3) is 3.43. The van der Waals surface area contributed by atoms with E-state index in [4.69, 9.17) is 4.74 Å². The summed E-state index contributed by atoms with van der Waals surface area (Å²) in [6.07, 6.45) is 0.118. The van der Waals surface area contributed by atoms with Crippen LogP contribution < -0.4 is 16.0 Å². The number of carbonyl (C=O) groups is 2. The van der Waals surface area contributed by atoms with Gasteiger partial charge in [-0.1, -0.05) is 18.2 Å². The van der Waals surface area contributed by atoms with Crippen LogP contribution in [0.25, 0.3) is 0 Å². The smallest absolute Gasteiger partial charge is 0.353 e. The zero-order valence-corrected chi connectivity index (χ0v) is 12.2. The Hall–Kier alpha value is -2.41. The zero-order valence-electron chi connectivity index (χ0n) is 12.2. The largest absolute Gasteiger partial charge is 0.375 e. The summed E-state index contributed by atoms with van der Waals surface area (Å²) in [4.78, 5) is 24.2. The molecule has 116 valence electrons. The minimum atomic E-state index is -0.577. The summed E-state index contributed by atoms with van der Waals surface area (Å²) < 4.78 is 7.29. The minimum absolute atomic E-state index is 0.118. The maximum Gasteiger partial charge on any atom is 0.353 e. The van der Waals surface area contributed by atoms with Crippen LogP contribution in [0.3, 0.4) is 0 Å². The first-order chi connectivity index (χ1) is 10.7. The van der Waals surface area contributed by atoms with Gasteiger partial charge in [-0.25, -0.2) is 5.32 Å². The number of hydrogen-bond donors (Lipinski definition) is 3. The van der Waals surface area contributed by atoms with Crippen LogP contribution in [0.4, 0.5) is 5.69 Å². The normalized spacial score (nSPS) is 21.8. The highest BCUT2D eigenvalue weighted by molar-refractivity contribution is 6.05. The number of guanidine groups is 1. The quantitative estimate of drug-likeness (QED) is 0.644. The molecule has 2 aliphatic heterocycles. The van der Waals surface area contributed by atoms with Crippen LogP contribution in [0.15, 0.2) is 30.3 Å². The molecule has 2 saturated heterocycles. The van der Waals surface area contributed by atoms with Crippen molar-refractivity contribution in [3.05, 3.63) is 30.3 Å². The van der Waals surface area contributed by atoms with Crippen molar-refractivity contribution in [3.8, 4) is 0 Å². The second-order valence-corrected chi connectivity index (χ2v) is 5.25. The van der Waals surface area contributed by atoms with Gasteiger partial charge in [0.1, 0.15) is 0 Å². The topological polar surface area (TPSA) is 82.5 Å². The van der Waals surface area contributed by atoms with Crippen molar-refractivity contribution in [2.75, 3.05) is 31.6 Å². The molecule has 3 rings (SSSR count). The van der Waals surface area contributed by atoms with Crippen molar-refractivity contribution in [2.45, 2.75) is 12.5 Å². The van der Waals surface area contributed by atoms with Gasteiger partial charge in [0.25, 0.3) is 11.8 Å². The molecule has 1 atom stereocenters. The maximum atomic E-state index is 12.3. The predicted octanol–water partition coefficient (Wildman–Crippen LogP) is -0.498. The molecular weight excluding hydrogens is 284 g/mol. The lowest BCUT2D eigenvalue weighted by Crippen LogP contribution is -2.61. The number of carbonyl (C=O) groups excluding carboxylic acids is 2. The predicted molar refractivity (Wildman–Crippen MR) is 80.6 cm³/mol. The number of ether oxygens (including phenoxy) is 1. The molecule has 0 saturated carbocycles. The Bertz CT molecular complexity index is 592. The number of nitrogens with one attached hydrogen (secondary N) is 3. The van der Waals surface area contributed by atoms with Crippen LogP contribution in [-0.2, 0) is 14.3 Å². The molecule has 0 aromatic heterocycles. The lowest BCUT2D eigenvalue weighted by atomic mass is 10.1. The van der Waals surface area contributed by atoms with E-state index in [1.807, 2.05) is 34.9 Å². The van der Waals surface area contributed by atoms with Crippen molar-refractivity contribution < 1.29 is 18.9 Å². The molecule has 3 N–H and O–H groups in total. The first-order valence-corrected chi connectivity index (χ1v) is 7.34. The van der Waals surface area contributed by atoms with Crippen LogP contribution in [0, 0.1) is 0 Å². The summed E-state index contributed by atoms with van der Waals surface area (Å²) in [5.41, 5.74) is 0.716. The summed E-state index contributed by atoms with van der Waals surface area (Å²) >= 11 is 0.